The minimum atomic E-state index is -0.140. The van der Waals surface area contributed by atoms with E-state index in [0.29, 0.717) is 17.4 Å². The Morgan fingerprint density at radius 2 is 1.94 bits per heavy atom. The summed E-state index contributed by atoms with van der Waals surface area (Å²) >= 11 is 6.13. The number of piperazine rings is 1. The topological polar surface area (TPSA) is 54.0 Å². The molecule has 1 saturated heterocycles. The number of anilines is 1. The van der Waals surface area contributed by atoms with E-state index < -0.39 is 0 Å². The van der Waals surface area contributed by atoms with Gasteiger partial charge in [0.15, 0.2) is 0 Å². The number of hydrogen-bond donors (Lipinski definition) is 0. The second kappa shape index (κ2) is 13.6. The molecule has 0 N–H and O–H groups in total. The van der Waals surface area contributed by atoms with Crippen molar-refractivity contribution in [1.82, 2.24) is 19.8 Å². The molecule has 1 saturated carbocycles. The van der Waals surface area contributed by atoms with E-state index in [4.69, 9.17) is 31.0 Å². The van der Waals surface area contributed by atoms with Gasteiger partial charge in [-0.3, -0.25) is 9.80 Å². The molecule has 36 heavy (non-hydrogen) atoms. The van der Waals surface area contributed by atoms with Gasteiger partial charge in [-0.1, -0.05) is 37.6 Å². The van der Waals surface area contributed by atoms with Crippen LogP contribution in [0.5, 0.6) is 0 Å². The Bertz CT molecular complexity index is 925. The SMILES string of the molecule is C=C(/C=C\C(Cl)=C/CC)OCC(OC)N1CCCc2cnc(N3CCN(C4CCC4)CC3)nc2CC1. The van der Waals surface area contributed by atoms with Gasteiger partial charge < -0.3 is 14.4 Å². The number of fused-ring (bicyclic) bond motifs is 1. The molecule has 1 atom stereocenters. The zero-order chi connectivity index (χ0) is 25.3. The highest BCUT2D eigenvalue weighted by Gasteiger charge is 2.29. The molecular formula is C28H42ClN5O2. The lowest BCUT2D eigenvalue weighted by atomic mass is 9.91. The smallest absolute Gasteiger partial charge is 0.225 e. The van der Waals surface area contributed by atoms with Crippen LogP contribution in [0.2, 0.25) is 0 Å². The normalized spacial score (nSPS) is 21.5. The molecule has 1 aromatic rings. The van der Waals surface area contributed by atoms with Gasteiger partial charge in [-0.25, -0.2) is 9.97 Å². The number of aryl methyl sites for hydroxylation is 1. The van der Waals surface area contributed by atoms with Crippen LogP contribution in [0.1, 0.15) is 50.3 Å². The molecule has 2 fully saturated rings. The lowest BCUT2D eigenvalue weighted by molar-refractivity contribution is -0.0700. The maximum Gasteiger partial charge on any atom is 0.225 e. The summed E-state index contributed by atoms with van der Waals surface area (Å²) in [7, 11) is 1.74. The Morgan fingerprint density at radius 1 is 1.14 bits per heavy atom. The van der Waals surface area contributed by atoms with Crippen molar-refractivity contribution in [3.05, 3.63) is 53.1 Å². The highest BCUT2D eigenvalue weighted by atomic mass is 35.5. The van der Waals surface area contributed by atoms with Gasteiger partial charge in [0.1, 0.15) is 18.6 Å². The van der Waals surface area contributed by atoms with Gasteiger partial charge in [0.2, 0.25) is 5.95 Å². The molecule has 1 unspecified atom stereocenters. The van der Waals surface area contributed by atoms with Gasteiger partial charge >= 0.3 is 0 Å². The van der Waals surface area contributed by atoms with Crippen LogP contribution < -0.4 is 4.90 Å². The summed E-state index contributed by atoms with van der Waals surface area (Å²) in [5.41, 5.74) is 2.46. The zero-order valence-corrected chi connectivity index (χ0v) is 22.8. The molecule has 0 amide bonds. The van der Waals surface area contributed by atoms with Crippen molar-refractivity contribution in [2.75, 3.05) is 57.9 Å². The Kier molecular flexibility index (Phi) is 10.2. The molecule has 0 aromatic carbocycles. The van der Waals surface area contributed by atoms with Crippen LogP contribution >= 0.6 is 11.6 Å². The number of rotatable bonds is 10. The second-order valence-electron chi connectivity index (χ2n) is 9.94. The summed E-state index contributed by atoms with van der Waals surface area (Å²) < 4.78 is 11.7. The van der Waals surface area contributed by atoms with Gasteiger partial charge in [-0.2, -0.15) is 0 Å². The van der Waals surface area contributed by atoms with Crippen molar-refractivity contribution < 1.29 is 9.47 Å². The lowest BCUT2D eigenvalue weighted by Gasteiger charge is -2.43. The van der Waals surface area contributed by atoms with Crippen molar-refractivity contribution >= 4 is 17.5 Å². The number of hydrogen-bond acceptors (Lipinski definition) is 7. The van der Waals surface area contributed by atoms with E-state index in [1.165, 1.54) is 30.5 Å². The fourth-order valence-electron chi connectivity index (χ4n) is 5.15. The maximum absolute atomic E-state index is 6.13. The summed E-state index contributed by atoms with van der Waals surface area (Å²) in [6.45, 7) is 12.5. The van der Waals surface area contributed by atoms with Crippen LogP contribution in [0.4, 0.5) is 5.95 Å². The Balaban J connectivity index is 1.31. The van der Waals surface area contributed by atoms with E-state index in [0.717, 1.165) is 76.9 Å². The first-order chi connectivity index (χ1) is 17.6. The largest absolute Gasteiger partial charge is 0.490 e. The molecule has 198 valence electrons. The van der Waals surface area contributed by atoms with Crippen LogP contribution in [0.25, 0.3) is 0 Å². The van der Waals surface area contributed by atoms with Crippen molar-refractivity contribution in [3.63, 3.8) is 0 Å². The number of ether oxygens (including phenoxy) is 2. The van der Waals surface area contributed by atoms with Crippen LogP contribution in [0.3, 0.4) is 0 Å². The Hall–Kier alpha value is -1.93. The summed E-state index contributed by atoms with van der Waals surface area (Å²) in [5.74, 6) is 1.46. The highest BCUT2D eigenvalue weighted by Crippen LogP contribution is 2.26. The second-order valence-corrected chi connectivity index (χ2v) is 10.4. The lowest BCUT2D eigenvalue weighted by Crippen LogP contribution is -2.52. The van der Waals surface area contributed by atoms with E-state index in [2.05, 4.69) is 34.4 Å². The summed E-state index contributed by atoms with van der Waals surface area (Å²) in [6, 6.07) is 0.816. The first kappa shape index (κ1) is 27.1. The molecule has 3 aliphatic rings. The van der Waals surface area contributed by atoms with Crippen molar-refractivity contribution in [1.29, 1.82) is 0 Å². The standard InChI is InChI=1S/C28H42ClN5O2/c1-4-7-24(29)12-11-22(2)36-21-27(35-3)33-14-6-8-23-20-30-28(31-26(23)13-15-33)34-18-16-32(17-19-34)25-9-5-10-25/h7,11-12,20,25,27H,2,4-6,8-10,13-19,21H2,1,3H3/b12-11-,24-7+. The predicted molar refractivity (Wildman–Crippen MR) is 146 cm³/mol. The van der Waals surface area contributed by atoms with Crippen LogP contribution in [0.15, 0.2) is 41.8 Å². The molecule has 7 nitrogen and oxygen atoms in total. The number of allylic oxidation sites excluding steroid dienone is 4. The predicted octanol–water partition coefficient (Wildman–Crippen LogP) is 4.53. The maximum atomic E-state index is 6.13. The third-order valence-electron chi connectivity index (χ3n) is 7.58. The molecule has 3 heterocycles. The van der Waals surface area contributed by atoms with Gasteiger partial charge in [-0.05, 0) is 49.8 Å². The molecule has 1 aliphatic carbocycles. The average Bonchev–Trinajstić information content (AvgIpc) is 2.84. The molecule has 0 spiro atoms. The Morgan fingerprint density at radius 3 is 2.64 bits per heavy atom. The quantitative estimate of drug-likeness (QED) is 0.335. The van der Waals surface area contributed by atoms with Crippen LogP contribution in [-0.4, -0.2) is 85.0 Å². The third-order valence-corrected chi connectivity index (χ3v) is 7.86. The molecule has 1 aromatic heterocycles. The first-order valence-electron chi connectivity index (χ1n) is 13.5. The number of nitrogens with zero attached hydrogens (tertiary/aromatic N) is 5. The van der Waals surface area contributed by atoms with Crippen molar-refractivity contribution in [2.45, 2.75) is 64.1 Å². The number of methoxy groups -OCH3 is 1. The summed E-state index contributed by atoms with van der Waals surface area (Å²) in [4.78, 5) is 17.2. The van der Waals surface area contributed by atoms with Gasteiger partial charge in [0, 0.05) is 70.1 Å². The van der Waals surface area contributed by atoms with E-state index in [1.54, 1.807) is 13.2 Å². The van der Waals surface area contributed by atoms with Gasteiger partial charge in [-0.15, -0.1) is 0 Å². The first-order valence-corrected chi connectivity index (χ1v) is 13.9. The van der Waals surface area contributed by atoms with E-state index >= 15 is 0 Å². The van der Waals surface area contributed by atoms with Crippen LogP contribution in [-0.2, 0) is 22.3 Å². The molecule has 0 bridgehead atoms. The number of aromatic nitrogens is 2. The summed E-state index contributed by atoms with van der Waals surface area (Å²) in [5, 5.41) is 0.689. The van der Waals surface area contributed by atoms with Crippen molar-refractivity contribution in [3.8, 4) is 0 Å². The van der Waals surface area contributed by atoms with E-state index in [9.17, 15) is 0 Å². The highest BCUT2D eigenvalue weighted by molar-refractivity contribution is 6.31. The molecular weight excluding hydrogens is 474 g/mol. The van der Waals surface area contributed by atoms with Crippen molar-refractivity contribution in [2.24, 2.45) is 0 Å². The Labute approximate surface area is 221 Å². The third kappa shape index (κ3) is 7.31. The van der Waals surface area contributed by atoms with Crippen LogP contribution in [0, 0.1) is 0 Å². The van der Waals surface area contributed by atoms with Gasteiger partial charge in [0.05, 0.1) is 5.69 Å². The zero-order valence-electron chi connectivity index (χ0n) is 22.0. The molecule has 8 heteroatoms. The average molecular weight is 516 g/mol. The van der Waals surface area contributed by atoms with E-state index in [-0.39, 0.29) is 6.23 Å². The number of halogens is 1. The monoisotopic (exact) mass is 515 g/mol. The molecule has 2 aliphatic heterocycles. The van der Waals surface area contributed by atoms with E-state index in [1.807, 2.05) is 12.2 Å². The molecule has 4 rings (SSSR count). The fourth-order valence-corrected chi connectivity index (χ4v) is 5.37. The summed E-state index contributed by atoms with van der Waals surface area (Å²) in [6.07, 6.45) is 15.4. The fraction of sp³-hybridized carbons (Fsp3) is 0.643. The van der Waals surface area contributed by atoms with Gasteiger partial charge in [0.25, 0.3) is 0 Å². The minimum Gasteiger partial charge on any atom is -0.490 e. The minimum absolute atomic E-state index is 0.140. The molecule has 0 radical (unpaired) electrons.